The third-order valence-electron chi connectivity index (χ3n) is 2.57. The fourth-order valence-electron chi connectivity index (χ4n) is 1.69. The molecule has 0 unspecified atom stereocenters. The van der Waals surface area contributed by atoms with Gasteiger partial charge in [-0.25, -0.2) is 4.79 Å². The third kappa shape index (κ3) is 3.77. The van der Waals surface area contributed by atoms with Crippen LogP contribution in [0.25, 0.3) is 0 Å². The van der Waals surface area contributed by atoms with E-state index >= 15 is 0 Å². The number of carboxylic acid groups (broad SMARTS) is 1. The maximum Gasteiger partial charge on any atom is 0.331 e. The largest absolute Gasteiger partial charge is 0.478 e. The van der Waals surface area contributed by atoms with Gasteiger partial charge in [-0.3, -0.25) is 0 Å². The highest BCUT2D eigenvalue weighted by Gasteiger charge is 2.03. The van der Waals surface area contributed by atoms with Crippen LogP contribution in [0.5, 0.6) is 0 Å². The summed E-state index contributed by atoms with van der Waals surface area (Å²) in [6.07, 6.45) is 11.1. The summed E-state index contributed by atoms with van der Waals surface area (Å²) in [6.45, 7) is 1.65. The molecule has 0 spiro atoms. The fourth-order valence-corrected chi connectivity index (χ4v) is 1.69. The second kappa shape index (κ2) is 5.63. The van der Waals surface area contributed by atoms with Crippen molar-refractivity contribution in [3.63, 3.8) is 0 Å². The number of hydrogen-bond acceptors (Lipinski definition) is 1. The molecular weight excluding hydrogens is 176 g/mol. The van der Waals surface area contributed by atoms with Crippen molar-refractivity contribution in [3.8, 4) is 0 Å². The number of aliphatic carboxylic acids is 1. The smallest absolute Gasteiger partial charge is 0.331 e. The van der Waals surface area contributed by atoms with E-state index in [-0.39, 0.29) is 0 Å². The fraction of sp³-hybridized carbons (Fsp3) is 0.583. The lowest BCUT2D eigenvalue weighted by Gasteiger charge is -2.08. The Balaban J connectivity index is 2.64. The highest BCUT2D eigenvalue weighted by Crippen LogP contribution is 2.18. The van der Waals surface area contributed by atoms with Crippen LogP contribution < -0.4 is 0 Å². The van der Waals surface area contributed by atoms with Gasteiger partial charge in [0.25, 0.3) is 0 Å². The summed E-state index contributed by atoms with van der Waals surface area (Å²) in [5.41, 5.74) is 1.64. The van der Waals surface area contributed by atoms with Crippen molar-refractivity contribution < 1.29 is 9.90 Å². The van der Waals surface area contributed by atoms with E-state index in [2.05, 4.69) is 6.08 Å². The quantitative estimate of drug-likeness (QED) is 0.685. The minimum Gasteiger partial charge on any atom is -0.478 e. The molecule has 0 saturated carbocycles. The Morgan fingerprint density at radius 3 is 2.79 bits per heavy atom. The zero-order valence-electron chi connectivity index (χ0n) is 8.75. The monoisotopic (exact) mass is 194 g/mol. The first-order chi connectivity index (χ1) is 6.70. The Morgan fingerprint density at radius 1 is 1.36 bits per heavy atom. The molecule has 0 atom stereocenters. The molecule has 0 aliphatic heterocycles. The second-order valence-corrected chi connectivity index (χ2v) is 3.86. The molecule has 0 aromatic rings. The summed E-state index contributed by atoms with van der Waals surface area (Å²) in [6, 6.07) is 0. The van der Waals surface area contributed by atoms with Crippen LogP contribution in [0.3, 0.4) is 0 Å². The van der Waals surface area contributed by atoms with Crippen LogP contribution in [0, 0.1) is 0 Å². The predicted octanol–water partition coefficient (Wildman–Crippen LogP) is 3.30. The predicted molar refractivity (Wildman–Crippen MR) is 57.2 cm³/mol. The highest BCUT2D eigenvalue weighted by molar-refractivity contribution is 5.86. The van der Waals surface area contributed by atoms with E-state index in [0.717, 1.165) is 12.8 Å². The zero-order valence-corrected chi connectivity index (χ0v) is 8.75. The van der Waals surface area contributed by atoms with E-state index in [1.54, 1.807) is 6.92 Å². The lowest BCUT2D eigenvalue weighted by atomic mass is 9.98. The summed E-state index contributed by atoms with van der Waals surface area (Å²) >= 11 is 0. The summed E-state index contributed by atoms with van der Waals surface area (Å²) < 4.78 is 0. The topological polar surface area (TPSA) is 37.3 Å². The van der Waals surface area contributed by atoms with Gasteiger partial charge in [0, 0.05) is 5.57 Å². The standard InChI is InChI=1S/C12H18O2/c1-10(12(13)14)9-11-7-5-3-2-4-6-8-11/h7,9H,2-6,8H2,1H3,(H,13,14). The number of hydrogen-bond donors (Lipinski definition) is 1. The van der Waals surface area contributed by atoms with Crippen molar-refractivity contribution in [2.45, 2.75) is 45.4 Å². The molecule has 0 fully saturated rings. The van der Waals surface area contributed by atoms with Gasteiger partial charge in [-0.05, 0) is 38.7 Å². The van der Waals surface area contributed by atoms with Gasteiger partial charge in [0.1, 0.15) is 0 Å². The molecule has 0 radical (unpaired) electrons. The van der Waals surface area contributed by atoms with E-state index in [1.807, 2.05) is 6.08 Å². The van der Waals surface area contributed by atoms with Crippen LogP contribution in [0.2, 0.25) is 0 Å². The lowest BCUT2D eigenvalue weighted by Crippen LogP contribution is -1.97. The molecule has 2 nitrogen and oxygen atoms in total. The van der Waals surface area contributed by atoms with Gasteiger partial charge in [-0.2, -0.15) is 0 Å². The Kier molecular flexibility index (Phi) is 4.44. The summed E-state index contributed by atoms with van der Waals surface area (Å²) in [5, 5.41) is 8.74. The normalized spacial score (nSPS) is 19.5. The molecule has 1 rings (SSSR count). The van der Waals surface area contributed by atoms with Crippen molar-refractivity contribution in [1.29, 1.82) is 0 Å². The molecule has 1 N–H and O–H groups in total. The summed E-state index contributed by atoms with van der Waals surface area (Å²) in [4.78, 5) is 10.6. The van der Waals surface area contributed by atoms with Crippen molar-refractivity contribution in [1.82, 2.24) is 0 Å². The first-order valence-electron chi connectivity index (χ1n) is 5.31. The Bertz CT molecular complexity index is 261. The minimum atomic E-state index is -0.812. The summed E-state index contributed by atoms with van der Waals surface area (Å²) in [7, 11) is 0. The molecular formula is C12H18O2. The van der Waals surface area contributed by atoms with Crippen LogP contribution in [0.1, 0.15) is 45.4 Å². The van der Waals surface area contributed by atoms with Gasteiger partial charge in [-0.1, -0.05) is 24.5 Å². The van der Waals surface area contributed by atoms with Crippen LogP contribution in [-0.4, -0.2) is 11.1 Å². The third-order valence-corrected chi connectivity index (χ3v) is 2.57. The number of allylic oxidation sites excluding steroid dienone is 3. The van der Waals surface area contributed by atoms with Crippen LogP contribution in [0.15, 0.2) is 23.3 Å². The molecule has 0 bridgehead atoms. The molecule has 1 aliphatic carbocycles. The van der Waals surface area contributed by atoms with Gasteiger partial charge in [0.05, 0.1) is 0 Å². The van der Waals surface area contributed by atoms with E-state index < -0.39 is 5.97 Å². The van der Waals surface area contributed by atoms with Crippen molar-refractivity contribution in [2.24, 2.45) is 0 Å². The maximum atomic E-state index is 10.6. The Hall–Kier alpha value is -1.05. The molecule has 1 aliphatic rings. The van der Waals surface area contributed by atoms with Crippen molar-refractivity contribution in [3.05, 3.63) is 23.3 Å². The van der Waals surface area contributed by atoms with Crippen LogP contribution in [-0.2, 0) is 4.79 Å². The highest BCUT2D eigenvalue weighted by atomic mass is 16.4. The molecule has 0 aromatic carbocycles. The van der Waals surface area contributed by atoms with E-state index in [1.165, 1.54) is 31.3 Å². The molecule has 0 saturated heterocycles. The average Bonchev–Trinajstić information content (AvgIpc) is 2.08. The van der Waals surface area contributed by atoms with Gasteiger partial charge < -0.3 is 5.11 Å². The SMILES string of the molecule is CC(=CC1=CCCCCCC1)C(=O)O. The maximum absolute atomic E-state index is 10.6. The Labute approximate surface area is 85.3 Å². The second-order valence-electron chi connectivity index (χ2n) is 3.86. The number of carboxylic acids is 1. The van der Waals surface area contributed by atoms with Crippen LogP contribution >= 0.6 is 0 Å². The minimum absolute atomic E-state index is 0.442. The van der Waals surface area contributed by atoms with Gasteiger partial charge >= 0.3 is 5.97 Å². The first kappa shape index (κ1) is 11.0. The molecule has 2 heteroatoms. The van der Waals surface area contributed by atoms with Crippen molar-refractivity contribution >= 4 is 5.97 Å². The average molecular weight is 194 g/mol. The van der Waals surface area contributed by atoms with Crippen molar-refractivity contribution in [2.75, 3.05) is 0 Å². The van der Waals surface area contributed by atoms with Crippen LogP contribution in [0.4, 0.5) is 0 Å². The number of rotatable bonds is 2. The van der Waals surface area contributed by atoms with E-state index in [0.29, 0.717) is 5.57 Å². The molecule has 0 amide bonds. The molecule has 0 aromatic heterocycles. The zero-order chi connectivity index (χ0) is 10.4. The first-order valence-corrected chi connectivity index (χ1v) is 5.31. The van der Waals surface area contributed by atoms with Gasteiger partial charge in [0.15, 0.2) is 0 Å². The summed E-state index contributed by atoms with van der Waals surface area (Å²) in [5.74, 6) is -0.812. The van der Waals surface area contributed by atoms with E-state index in [9.17, 15) is 4.79 Å². The molecule has 78 valence electrons. The number of carbonyl (C=O) groups is 1. The van der Waals surface area contributed by atoms with E-state index in [4.69, 9.17) is 5.11 Å². The van der Waals surface area contributed by atoms with Gasteiger partial charge in [0.2, 0.25) is 0 Å². The molecule has 14 heavy (non-hydrogen) atoms. The lowest BCUT2D eigenvalue weighted by molar-refractivity contribution is -0.132. The Morgan fingerprint density at radius 2 is 2.07 bits per heavy atom. The molecule has 0 heterocycles. The van der Waals surface area contributed by atoms with Gasteiger partial charge in [-0.15, -0.1) is 0 Å².